The quantitative estimate of drug-likeness (QED) is 0.464. The molecule has 0 atom stereocenters. The molecule has 0 spiro atoms. The van der Waals surface area contributed by atoms with Crippen molar-refractivity contribution in [2.24, 2.45) is 5.14 Å². The lowest BCUT2D eigenvalue weighted by molar-refractivity contribution is 0.450. The molecule has 3 N–H and O–H groups in total. The number of imidazole rings is 1. The van der Waals surface area contributed by atoms with E-state index in [9.17, 15) is 12.8 Å². The summed E-state index contributed by atoms with van der Waals surface area (Å²) in [5.74, 6) is -0.259. The maximum atomic E-state index is 14.8. The molecular weight excluding hydrogens is 443 g/mol. The van der Waals surface area contributed by atoms with Gasteiger partial charge in [-0.2, -0.15) is 0 Å². The zero-order valence-electron chi connectivity index (χ0n) is 17.7. The van der Waals surface area contributed by atoms with Crippen LogP contribution in [0.25, 0.3) is 28.2 Å². The van der Waals surface area contributed by atoms with Crippen LogP contribution in [0.1, 0.15) is 25.7 Å². The van der Waals surface area contributed by atoms with E-state index in [1.165, 1.54) is 0 Å². The number of benzene rings is 1. The van der Waals surface area contributed by atoms with Gasteiger partial charge in [-0.3, -0.25) is 4.40 Å². The third kappa shape index (κ3) is 4.44. The maximum Gasteiger partial charge on any atom is 0.223 e. The average Bonchev–Trinajstić information content (AvgIpc) is 3.24. The van der Waals surface area contributed by atoms with Gasteiger partial charge in [0.25, 0.3) is 0 Å². The Morgan fingerprint density at radius 1 is 0.970 bits per heavy atom. The van der Waals surface area contributed by atoms with E-state index in [4.69, 9.17) is 5.14 Å². The standard InChI is InChI=1S/C23H23FN6O2S/c24-19-12-27-23(28-17-7-9-18(10-8-17)33(25,31)32)29-22(19)20-13-26-21-11-6-16(14-30(20)21)15-4-2-1-3-5-15/h1-6,11-14,17-18H,7-10H2,(H2,25,31,32)(H,27,28,29). The normalized spacial score (nSPS) is 19.0. The lowest BCUT2D eigenvalue weighted by Crippen LogP contribution is -2.36. The first-order valence-electron chi connectivity index (χ1n) is 10.7. The van der Waals surface area contributed by atoms with E-state index < -0.39 is 21.1 Å². The van der Waals surface area contributed by atoms with Crippen LogP contribution < -0.4 is 10.5 Å². The molecule has 1 aliphatic carbocycles. The number of pyridine rings is 1. The van der Waals surface area contributed by atoms with Gasteiger partial charge in [-0.1, -0.05) is 30.3 Å². The third-order valence-corrected chi connectivity index (χ3v) is 7.47. The Labute approximate surface area is 190 Å². The highest BCUT2D eigenvalue weighted by molar-refractivity contribution is 7.89. The summed E-state index contributed by atoms with van der Waals surface area (Å²) >= 11 is 0. The molecule has 3 heterocycles. The van der Waals surface area contributed by atoms with Crippen LogP contribution in [0.2, 0.25) is 0 Å². The molecule has 0 aliphatic heterocycles. The molecule has 0 saturated heterocycles. The molecule has 1 aliphatic rings. The average molecular weight is 467 g/mol. The van der Waals surface area contributed by atoms with Gasteiger partial charge in [-0.15, -0.1) is 0 Å². The lowest BCUT2D eigenvalue weighted by Gasteiger charge is -2.27. The van der Waals surface area contributed by atoms with Crippen LogP contribution in [0.15, 0.2) is 61.1 Å². The zero-order valence-corrected chi connectivity index (χ0v) is 18.5. The third-order valence-electron chi connectivity index (χ3n) is 6.07. The second kappa shape index (κ2) is 8.53. The Bertz CT molecular complexity index is 1400. The van der Waals surface area contributed by atoms with Gasteiger partial charge in [0.05, 0.1) is 23.3 Å². The molecule has 1 aromatic carbocycles. The Balaban J connectivity index is 1.43. The molecule has 8 nitrogen and oxygen atoms in total. The topological polar surface area (TPSA) is 115 Å². The van der Waals surface area contributed by atoms with E-state index in [0.717, 1.165) is 17.3 Å². The minimum absolute atomic E-state index is 0.00632. The van der Waals surface area contributed by atoms with Gasteiger partial charge in [0.2, 0.25) is 16.0 Å². The predicted molar refractivity (Wildman–Crippen MR) is 124 cm³/mol. The highest BCUT2D eigenvalue weighted by Crippen LogP contribution is 2.28. The summed E-state index contributed by atoms with van der Waals surface area (Å²) < 4.78 is 39.7. The zero-order chi connectivity index (χ0) is 23.0. The highest BCUT2D eigenvalue weighted by atomic mass is 32.2. The van der Waals surface area contributed by atoms with Gasteiger partial charge in [0.15, 0.2) is 5.82 Å². The first-order chi connectivity index (χ1) is 15.9. The molecule has 4 aromatic rings. The van der Waals surface area contributed by atoms with Crippen molar-refractivity contribution < 1.29 is 12.8 Å². The number of halogens is 1. The molecule has 1 saturated carbocycles. The number of aromatic nitrogens is 4. The van der Waals surface area contributed by atoms with Crippen molar-refractivity contribution in [1.82, 2.24) is 19.4 Å². The first-order valence-corrected chi connectivity index (χ1v) is 12.3. The molecule has 33 heavy (non-hydrogen) atoms. The summed E-state index contributed by atoms with van der Waals surface area (Å²) in [6.07, 6.45) is 6.83. The molecule has 3 aromatic heterocycles. The van der Waals surface area contributed by atoms with Crippen molar-refractivity contribution in [1.29, 1.82) is 0 Å². The number of sulfonamides is 1. The second-order valence-corrected chi connectivity index (χ2v) is 10.1. The molecule has 10 heteroatoms. The number of nitrogens with one attached hydrogen (secondary N) is 1. The maximum absolute atomic E-state index is 14.8. The summed E-state index contributed by atoms with van der Waals surface area (Å²) in [6, 6.07) is 13.8. The van der Waals surface area contributed by atoms with Crippen LogP contribution >= 0.6 is 0 Å². The fourth-order valence-corrected chi connectivity index (χ4v) is 5.22. The van der Waals surface area contributed by atoms with Crippen molar-refractivity contribution in [3.05, 3.63) is 66.9 Å². The van der Waals surface area contributed by atoms with E-state index in [-0.39, 0.29) is 11.7 Å². The van der Waals surface area contributed by atoms with E-state index in [0.29, 0.717) is 43.0 Å². The smallest absolute Gasteiger partial charge is 0.223 e. The summed E-state index contributed by atoms with van der Waals surface area (Å²) in [4.78, 5) is 12.9. The number of primary sulfonamides is 1. The van der Waals surface area contributed by atoms with Crippen molar-refractivity contribution in [2.45, 2.75) is 37.0 Å². The summed E-state index contributed by atoms with van der Waals surface area (Å²) in [6.45, 7) is 0. The molecule has 5 rings (SSSR count). The number of hydrogen-bond acceptors (Lipinski definition) is 6. The van der Waals surface area contributed by atoms with Crippen molar-refractivity contribution in [2.75, 3.05) is 5.32 Å². The molecule has 0 radical (unpaired) electrons. The first kappa shape index (κ1) is 21.5. The van der Waals surface area contributed by atoms with Crippen molar-refractivity contribution in [3.63, 3.8) is 0 Å². The fourth-order valence-electron chi connectivity index (χ4n) is 4.29. The van der Waals surface area contributed by atoms with Crippen LogP contribution in [0, 0.1) is 5.82 Å². The van der Waals surface area contributed by atoms with Crippen LogP contribution in [-0.4, -0.2) is 39.1 Å². The number of anilines is 1. The molecule has 170 valence electrons. The monoisotopic (exact) mass is 466 g/mol. The number of nitrogens with zero attached hydrogens (tertiary/aromatic N) is 4. The van der Waals surface area contributed by atoms with E-state index in [2.05, 4.69) is 20.3 Å². The van der Waals surface area contributed by atoms with Gasteiger partial charge >= 0.3 is 0 Å². The summed E-state index contributed by atoms with van der Waals surface area (Å²) in [7, 11) is -3.53. The minimum Gasteiger partial charge on any atom is -0.351 e. The van der Waals surface area contributed by atoms with E-state index >= 15 is 0 Å². The highest BCUT2D eigenvalue weighted by Gasteiger charge is 2.28. The molecule has 0 bridgehead atoms. The number of rotatable bonds is 5. The van der Waals surface area contributed by atoms with E-state index in [1.807, 2.05) is 53.1 Å². The van der Waals surface area contributed by atoms with Crippen LogP contribution in [-0.2, 0) is 10.0 Å². The minimum atomic E-state index is -3.53. The van der Waals surface area contributed by atoms with E-state index in [1.54, 1.807) is 6.20 Å². The van der Waals surface area contributed by atoms with Crippen LogP contribution in [0.5, 0.6) is 0 Å². The molecule has 0 amide bonds. The Kier molecular flexibility index (Phi) is 5.55. The van der Waals surface area contributed by atoms with Gasteiger partial charge in [0.1, 0.15) is 11.3 Å². The Hall–Kier alpha value is -3.37. The number of hydrogen-bond donors (Lipinski definition) is 2. The summed E-state index contributed by atoms with van der Waals surface area (Å²) in [5.41, 5.74) is 3.35. The van der Waals surface area contributed by atoms with Crippen LogP contribution in [0.3, 0.4) is 0 Å². The van der Waals surface area contributed by atoms with Gasteiger partial charge in [-0.25, -0.2) is 32.9 Å². The second-order valence-electron chi connectivity index (χ2n) is 8.25. The van der Waals surface area contributed by atoms with Crippen LogP contribution in [0.4, 0.5) is 10.3 Å². The number of nitrogens with two attached hydrogens (primary N) is 1. The largest absolute Gasteiger partial charge is 0.351 e. The lowest BCUT2D eigenvalue weighted by atomic mass is 9.95. The predicted octanol–water partition coefficient (Wildman–Crippen LogP) is 3.61. The van der Waals surface area contributed by atoms with Gasteiger partial charge < -0.3 is 5.32 Å². The molecule has 0 unspecified atom stereocenters. The Morgan fingerprint density at radius 3 is 2.45 bits per heavy atom. The van der Waals surface area contributed by atoms with Gasteiger partial charge in [0, 0.05) is 12.2 Å². The van der Waals surface area contributed by atoms with Crippen molar-refractivity contribution >= 4 is 21.6 Å². The number of fused-ring (bicyclic) bond motifs is 1. The van der Waals surface area contributed by atoms with Gasteiger partial charge in [-0.05, 0) is 48.9 Å². The SMILES string of the molecule is NS(=O)(=O)C1CCC(Nc2ncc(F)c(-c3cnc4ccc(-c5ccccc5)cn34)n2)CC1. The fraction of sp³-hybridized carbons (Fsp3) is 0.261. The summed E-state index contributed by atoms with van der Waals surface area (Å²) in [5, 5.41) is 7.97. The molecular formula is C23H23FN6O2S. The Morgan fingerprint density at radius 2 is 1.73 bits per heavy atom. The van der Waals surface area contributed by atoms with Crippen molar-refractivity contribution in [3.8, 4) is 22.5 Å². The molecule has 1 fully saturated rings.